The van der Waals surface area contributed by atoms with Crippen molar-refractivity contribution in [2.45, 2.75) is 39.5 Å². The highest BCUT2D eigenvalue weighted by Crippen LogP contribution is 2.36. The van der Waals surface area contributed by atoms with Crippen molar-refractivity contribution < 1.29 is 9.90 Å². The van der Waals surface area contributed by atoms with E-state index in [9.17, 15) is 4.79 Å². The normalized spacial score (nSPS) is 31.8. The fraction of sp³-hybridized carbons (Fsp3) is 0.900. The lowest BCUT2D eigenvalue weighted by molar-refractivity contribution is -0.141. The highest BCUT2D eigenvalue weighted by Gasteiger charge is 2.31. The first-order valence-corrected chi connectivity index (χ1v) is 4.88. The molecular formula is C10H18O2. The van der Waals surface area contributed by atoms with Gasteiger partial charge in [0.15, 0.2) is 0 Å². The van der Waals surface area contributed by atoms with Crippen LogP contribution in [0.3, 0.4) is 0 Å². The van der Waals surface area contributed by atoms with Crippen molar-refractivity contribution in [1.82, 2.24) is 0 Å². The standard InChI is InChI=1S/C10H18O2/c1-3-7(2)8-4-5-9(6-8)10(11)12/h7-9H,3-6H2,1-2H3,(H,11,12). The van der Waals surface area contributed by atoms with Crippen molar-refractivity contribution in [3.8, 4) is 0 Å². The first kappa shape index (κ1) is 9.56. The molecule has 0 aliphatic heterocycles. The first-order chi connectivity index (χ1) is 5.65. The van der Waals surface area contributed by atoms with Gasteiger partial charge in [0.1, 0.15) is 0 Å². The number of rotatable bonds is 3. The maximum absolute atomic E-state index is 10.7. The van der Waals surface area contributed by atoms with Crippen LogP contribution in [0, 0.1) is 17.8 Å². The van der Waals surface area contributed by atoms with E-state index in [-0.39, 0.29) is 5.92 Å². The molecule has 1 saturated carbocycles. The molecule has 3 unspecified atom stereocenters. The van der Waals surface area contributed by atoms with Crippen molar-refractivity contribution >= 4 is 5.97 Å². The Hall–Kier alpha value is -0.530. The average Bonchev–Trinajstić information content (AvgIpc) is 2.51. The zero-order valence-corrected chi connectivity index (χ0v) is 7.92. The number of carbonyl (C=O) groups is 1. The van der Waals surface area contributed by atoms with E-state index in [2.05, 4.69) is 13.8 Å². The van der Waals surface area contributed by atoms with Crippen LogP contribution in [0.25, 0.3) is 0 Å². The van der Waals surface area contributed by atoms with Gasteiger partial charge in [-0.1, -0.05) is 20.3 Å². The van der Waals surface area contributed by atoms with Crippen LogP contribution in [0.2, 0.25) is 0 Å². The van der Waals surface area contributed by atoms with Gasteiger partial charge in [-0.15, -0.1) is 0 Å². The molecule has 0 heterocycles. The molecule has 0 aromatic heterocycles. The summed E-state index contributed by atoms with van der Waals surface area (Å²) in [6, 6.07) is 0. The number of hydrogen-bond donors (Lipinski definition) is 1. The fourth-order valence-corrected chi connectivity index (χ4v) is 2.09. The molecule has 0 amide bonds. The van der Waals surface area contributed by atoms with Crippen molar-refractivity contribution in [2.75, 3.05) is 0 Å². The summed E-state index contributed by atoms with van der Waals surface area (Å²) in [5, 5.41) is 8.79. The van der Waals surface area contributed by atoms with Crippen LogP contribution in [0.4, 0.5) is 0 Å². The van der Waals surface area contributed by atoms with Crippen LogP contribution in [0.15, 0.2) is 0 Å². The molecule has 0 spiro atoms. The number of hydrogen-bond acceptors (Lipinski definition) is 1. The molecule has 2 nitrogen and oxygen atoms in total. The summed E-state index contributed by atoms with van der Waals surface area (Å²) in [6.45, 7) is 4.41. The van der Waals surface area contributed by atoms with E-state index in [4.69, 9.17) is 5.11 Å². The Morgan fingerprint density at radius 1 is 1.58 bits per heavy atom. The van der Waals surface area contributed by atoms with Gasteiger partial charge in [0.05, 0.1) is 5.92 Å². The van der Waals surface area contributed by atoms with Gasteiger partial charge >= 0.3 is 5.97 Å². The Bertz CT molecular complexity index is 165. The Labute approximate surface area is 74.0 Å². The van der Waals surface area contributed by atoms with Crippen LogP contribution < -0.4 is 0 Å². The maximum atomic E-state index is 10.7. The summed E-state index contributed by atoms with van der Waals surface area (Å²) in [6.07, 6.45) is 4.09. The third-order valence-corrected chi connectivity index (χ3v) is 3.27. The van der Waals surface area contributed by atoms with Gasteiger partial charge < -0.3 is 5.11 Å². The summed E-state index contributed by atoms with van der Waals surface area (Å²) in [5.41, 5.74) is 0. The van der Waals surface area contributed by atoms with E-state index in [0.717, 1.165) is 19.3 Å². The van der Waals surface area contributed by atoms with Gasteiger partial charge in [0, 0.05) is 0 Å². The van der Waals surface area contributed by atoms with Gasteiger partial charge in [0.2, 0.25) is 0 Å². The smallest absolute Gasteiger partial charge is 0.306 e. The molecule has 1 rings (SSSR count). The summed E-state index contributed by atoms with van der Waals surface area (Å²) < 4.78 is 0. The minimum absolute atomic E-state index is 0.0519. The molecule has 1 aliphatic carbocycles. The largest absolute Gasteiger partial charge is 0.481 e. The lowest BCUT2D eigenvalue weighted by Gasteiger charge is -2.16. The predicted molar refractivity (Wildman–Crippen MR) is 47.9 cm³/mol. The highest BCUT2D eigenvalue weighted by atomic mass is 16.4. The van der Waals surface area contributed by atoms with E-state index < -0.39 is 5.97 Å². The van der Waals surface area contributed by atoms with Crippen molar-refractivity contribution in [2.24, 2.45) is 17.8 Å². The molecule has 12 heavy (non-hydrogen) atoms. The third kappa shape index (κ3) is 1.99. The van der Waals surface area contributed by atoms with Crippen LogP contribution >= 0.6 is 0 Å². The quantitative estimate of drug-likeness (QED) is 0.706. The zero-order chi connectivity index (χ0) is 9.14. The second kappa shape index (κ2) is 3.92. The minimum atomic E-state index is -0.596. The molecular weight excluding hydrogens is 152 g/mol. The number of carboxylic acid groups (broad SMARTS) is 1. The lowest BCUT2D eigenvalue weighted by atomic mass is 9.90. The molecule has 0 bridgehead atoms. The molecule has 3 atom stereocenters. The fourth-order valence-electron chi connectivity index (χ4n) is 2.09. The maximum Gasteiger partial charge on any atom is 0.306 e. The second-order valence-electron chi connectivity index (χ2n) is 3.99. The summed E-state index contributed by atoms with van der Waals surface area (Å²) in [5.74, 6) is 0.718. The first-order valence-electron chi connectivity index (χ1n) is 4.88. The highest BCUT2D eigenvalue weighted by molar-refractivity contribution is 5.70. The molecule has 0 aromatic carbocycles. The Kier molecular flexibility index (Phi) is 3.12. The van der Waals surface area contributed by atoms with E-state index in [1.807, 2.05) is 0 Å². The van der Waals surface area contributed by atoms with Gasteiger partial charge in [-0.2, -0.15) is 0 Å². The third-order valence-electron chi connectivity index (χ3n) is 3.27. The second-order valence-corrected chi connectivity index (χ2v) is 3.99. The molecule has 1 fully saturated rings. The van der Waals surface area contributed by atoms with Crippen LogP contribution in [0.1, 0.15) is 39.5 Å². The summed E-state index contributed by atoms with van der Waals surface area (Å²) >= 11 is 0. The van der Waals surface area contributed by atoms with Crippen molar-refractivity contribution in [1.29, 1.82) is 0 Å². The van der Waals surface area contributed by atoms with Gasteiger partial charge in [-0.05, 0) is 31.1 Å². The van der Waals surface area contributed by atoms with Crippen LogP contribution in [0.5, 0.6) is 0 Å². The van der Waals surface area contributed by atoms with E-state index in [0.29, 0.717) is 11.8 Å². The van der Waals surface area contributed by atoms with Gasteiger partial charge in [-0.25, -0.2) is 0 Å². The monoisotopic (exact) mass is 170 g/mol. The molecule has 0 saturated heterocycles. The molecule has 70 valence electrons. The Balaban J connectivity index is 2.40. The SMILES string of the molecule is CCC(C)C1CCC(C(=O)O)C1. The predicted octanol–water partition coefficient (Wildman–Crippen LogP) is 2.53. The zero-order valence-electron chi connectivity index (χ0n) is 7.92. The van der Waals surface area contributed by atoms with Gasteiger partial charge in [0.25, 0.3) is 0 Å². The minimum Gasteiger partial charge on any atom is -0.481 e. The molecule has 0 aromatic rings. The van der Waals surface area contributed by atoms with Crippen molar-refractivity contribution in [3.63, 3.8) is 0 Å². The molecule has 2 heteroatoms. The topological polar surface area (TPSA) is 37.3 Å². The van der Waals surface area contributed by atoms with Gasteiger partial charge in [-0.3, -0.25) is 4.79 Å². The molecule has 0 radical (unpaired) electrons. The lowest BCUT2D eigenvalue weighted by Crippen LogP contribution is -2.12. The summed E-state index contributed by atoms with van der Waals surface area (Å²) in [4.78, 5) is 10.7. The van der Waals surface area contributed by atoms with E-state index >= 15 is 0 Å². The summed E-state index contributed by atoms with van der Waals surface area (Å²) in [7, 11) is 0. The Morgan fingerprint density at radius 2 is 2.25 bits per heavy atom. The van der Waals surface area contributed by atoms with E-state index in [1.54, 1.807) is 0 Å². The number of carboxylic acids is 1. The molecule has 1 aliphatic rings. The number of aliphatic carboxylic acids is 1. The van der Waals surface area contributed by atoms with Crippen molar-refractivity contribution in [3.05, 3.63) is 0 Å². The molecule has 1 N–H and O–H groups in total. The average molecular weight is 170 g/mol. The Morgan fingerprint density at radius 3 is 2.67 bits per heavy atom. The van der Waals surface area contributed by atoms with E-state index in [1.165, 1.54) is 6.42 Å². The van der Waals surface area contributed by atoms with Crippen LogP contribution in [-0.4, -0.2) is 11.1 Å². The van der Waals surface area contributed by atoms with Crippen LogP contribution in [-0.2, 0) is 4.79 Å².